The third kappa shape index (κ3) is 8.97. The molecule has 3 rings (SSSR count). The van der Waals surface area contributed by atoms with Crippen molar-refractivity contribution in [2.45, 2.75) is 6.18 Å². The number of alkyl halides is 3. The van der Waals surface area contributed by atoms with Crippen LogP contribution in [0.4, 0.5) is 13.2 Å². The molecule has 0 saturated carbocycles. The molecule has 5 N–H and O–H groups in total. The topological polar surface area (TPSA) is 152 Å². The standard InChI is InChI=1S/C24H23N3O4.C2HF3O2/c1-30-20-11-9-17(10-12-20)22(28)16-5-7-18(8-6-16)24(29)27-13-14-31-21-4-2-3-19(15-21)23(25)26;3-2(4,5)1(6)7/h2-12,15H,13-14H2,1H3,(H3,25,26)(H,27,29);(H,6,7). The fourth-order valence-electron chi connectivity index (χ4n) is 2.87. The molecule has 0 spiro atoms. The number of hydrogen-bond acceptors (Lipinski definition) is 6. The molecule has 3 aromatic carbocycles. The van der Waals surface area contributed by atoms with Crippen molar-refractivity contribution in [2.75, 3.05) is 20.3 Å². The van der Waals surface area contributed by atoms with E-state index < -0.39 is 12.1 Å². The molecule has 200 valence electrons. The number of nitrogens with one attached hydrogen (secondary N) is 2. The number of carbonyl (C=O) groups excluding carboxylic acids is 2. The molecule has 38 heavy (non-hydrogen) atoms. The van der Waals surface area contributed by atoms with E-state index in [0.29, 0.717) is 40.3 Å². The molecule has 0 fully saturated rings. The first kappa shape index (κ1) is 29.4. The predicted molar refractivity (Wildman–Crippen MR) is 132 cm³/mol. The van der Waals surface area contributed by atoms with Crippen molar-refractivity contribution in [1.29, 1.82) is 5.41 Å². The van der Waals surface area contributed by atoms with E-state index in [1.165, 1.54) is 0 Å². The number of halogens is 3. The molecule has 0 bridgehead atoms. The maximum absolute atomic E-state index is 12.6. The van der Waals surface area contributed by atoms with Gasteiger partial charge in [-0.05, 0) is 48.5 Å². The number of methoxy groups -OCH3 is 1. The van der Waals surface area contributed by atoms with Crippen LogP contribution in [-0.4, -0.2) is 55.0 Å². The van der Waals surface area contributed by atoms with Gasteiger partial charge < -0.3 is 25.6 Å². The van der Waals surface area contributed by atoms with Crippen LogP contribution >= 0.6 is 0 Å². The number of carbonyl (C=O) groups is 3. The molecule has 0 aliphatic heterocycles. The first-order chi connectivity index (χ1) is 17.9. The molecule has 12 heteroatoms. The van der Waals surface area contributed by atoms with E-state index in [4.69, 9.17) is 30.5 Å². The van der Waals surface area contributed by atoms with Gasteiger partial charge in [-0.25, -0.2) is 4.79 Å². The second kappa shape index (κ2) is 13.4. The van der Waals surface area contributed by atoms with Crippen molar-refractivity contribution < 1.29 is 42.1 Å². The Morgan fingerprint density at radius 3 is 1.92 bits per heavy atom. The third-order valence-corrected chi connectivity index (χ3v) is 4.81. The second-order valence-corrected chi connectivity index (χ2v) is 7.48. The Balaban J connectivity index is 0.000000638. The molecule has 0 saturated heterocycles. The maximum Gasteiger partial charge on any atom is 0.490 e. The van der Waals surface area contributed by atoms with Gasteiger partial charge in [-0.2, -0.15) is 13.2 Å². The zero-order valence-corrected chi connectivity index (χ0v) is 20.0. The number of ketones is 1. The minimum atomic E-state index is -5.08. The zero-order valence-electron chi connectivity index (χ0n) is 20.0. The highest BCUT2D eigenvalue weighted by atomic mass is 19.4. The summed E-state index contributed by atoms with van der Waals surface area (Å²) in [6.07, 6.45) is -5.08. The summed E-state index contributed by atoms with van der Waals surface area (Å²) >= 11 is 0. The van der Waals surface area contributed by atoms with Gasteiger partial charge in [0.05, 0.1) is 13.7 Å². The number of aliphatic carboxylic acids is 1. The van der Waals surface area contributed by atoms with Crippen molar-refractivity contribution in [3.8, 4) is 11.5 Å². The minimum absolute atomic E-state index is 0.0346. The molecule has 0 radical (unpaired) electrons. The maximum atomic E-state index is 12.6. The van der Waals surface area contributed by atoms with Crippen LogP contribution < -0.4 is 20.5 Å². The molecule has 0 atom stereocenters. The number of amidine groups is 1. The number of carboxylic acid groups (broad SMARTS) is 1. The van der Waals surface area contributed by atoms with Gasteiger partial charge >= 0.3 is 12.1 Å². The monoisotopic (exact) mass is 531 g/mol. The van der Waals surface area contributed by atoms with Crippen LogP contribution in [0.2, 0.25) is 0 Å². The molecule has 0 aliphatic rings. The van der Waals surface area contributed by atoms with Crippen LogP contribution in [0.25, 0.3) is 0 Å². The molecule has 1 amide bonds. The van der Waals surface area contributed by atoms with Crippen molar-refractivity contribution in [1.82, 2.24) is 5.32 Å². The number of ether oxygens (including phenoxy) is 2. The Labute approximate surface area is 215 Å². The quantitative estimate of drug-likeness (QED) is 0.142. The van der Waals surface area contributed by atoms with E-state index in [-0.39, 0.29) is 24.1 Å². The molecule has 0 aromatic heterocycles. The first-order valence-corrected chi connectivity index (χ1v) is 10.9. The molecule has 9 nitrogen and oxygen atoms in total. The number of nitrogens with two attached hydrogens (primary N) is 1. The highest BCUT2D eigenvalue weighted by Crippen LogP contribution is 2.16. The van der Waals surface area contributed by atoms with Gasteiger partial charge in [0.1, 0.15) is 23.9 Å². The van der Waals surface area contributed by atoms with Crippen LogP contribution in [0.5, 0.6) is 11.5 Å². The average molecular weight is 531 g/mol. The van der Waals surface area contributed by atoms with Crippen LogP contribution in [-0.2, 0) is 4.79 Å². The van der Waals surface area contributed by atoms with Crippen LogP contribution in [0.1, 0.15) is 31.8 Å². The van der Waals surface area contributed by atoms with Gasteiger partial charge in [0.15, 0.2) is 5.78 Å². The van der Waals surface area contributed by atoms with Crippen LogP contribution in [0.15, 0.2) is 72.8 Å². The molecule has 3 aromatic rings. The van der Waals surface area contributed by atoms with Crippen molar-refractivity contribution in [3.05, 3.63) is 95.1 Å². The molecule has 0 heterocycles. The number of rotatable bonds is 9. The normalized spacial score (nSPS) is 10.4. The van der Waals surface area contributed by atoms with Gasteiger partial charge in [0.2, 0.25) is 0 Å². The van der Waals surface area contributed by atoms with Crippen molar-refractivity contribution >= 4 is 23.5 Å². The fourth-order valence-corrected chi connectivity index (χ4v) is 2.87. The summed E-state index contributed by atoms with van der Waals surface area (Å²) in [5.41, 5.74) is 7.53. The van der Waals surface area contributed by atoms with Gasteiger partial charge in [-0.3, -0.25) is 15.0 Å². The summed E-state index contributed by atoms with van der Waals surface area (Å²) in [5.74, 6) is -1.93. The van der Waals surface area contributed by atoms with Crippen LogP contribution in [0, 0.1) is 5.41 Å². The van der Waals surface area contributed by atoms with E-state index in [0.717, 1.165) is 0 Å². The summed E-state index contributed by atoms with van der Waals surface area (Å²) in [6.45, 7) is 0.566. The molecule has 0 aliphatic carbocycles. The Hall–Kier alpha value is -4.87. The van der Waals surface area contributed by atoms with Crippen LogP contribution in [0.3, 0.4) is 0 Å². The molecule has 0 unspecified atom stereocenters. The second-order valence-electron chi connectivity index (χ2n) is 7.48. The van der Waals surface area contributed by atoms with E-state index in [1.54, 1.807) is 79.9 Å². The zero-order chi connectivity index (χ0) is 28.3. The van der Waals surface area contributed by atoms with E-state index in [9.17, 15) is 22.8 Å². The number of nitrogen functional groups attached to an aromatic ring is 1. The summed E-state index contributed by atoms with van der Waals surface area (Å²) in [6, 6.07) is 20.3. The minimum Gasteiger partial charge on any atom is -0.497 e. The number of hydrogen-bond donors (Lipinski definition) is 4. The van der Waals surface area contributed by atoms with E-state index in [1.807, 2.05) is 0 Å². The van der Waals surface area contributed by atoms with E-state index >= 15 is 0 Å². The number of amides is 1. The Morgan fingerprint density at radius 2 is 1.42 bits per heavy atom. The Bertz CT molecular complexity index is 1280. The van der Waals surface area contributed by atoms with Crippen molar-refractivity contribution in [3.63, 3.8) is 0 Å². The Morgan fingerprint density at radius 1 is 0.895 bits per heavy atom. The highest BCUT2D eigenvalue weighted by molar-refractivity contribution is 6.09. The summed E-state index contributed by atoms with van der Waals surface area (Å²) in [7, 11) is 1.57. The summed E-state index contributed by atoms with van der Waals surface area (Å²) in [5, 5.41) is 17.3. The lowest BCUT2D eigenvalue weighted by Gasteiger charge is -2.09. The fraction of sp³-hybridized carbons (Fsp3) is 0.154. The lowest BCUT2D eigenvalue weighted by Crippen LogP contribution is -2.28. The largest absolute Gasteiger partial charge is 0.497 e. The SMILES string of the molecule is COc1ccc(C(=O)c2ccc(C(=O)NCCOc3cccc(C(=N)N)c3)cc2)cc1.O=C(O)C(F)(F)F. The average Bonchev–Trinajstić information content (AvgIpc) is 2.90. The lowest BCUT2D eigenvalue weighted by molar-refractivity contribution is -0.192. The summed E-state index contributed by atoms with van der Waals surface area (Å²) < 4.78 is 42.4. The highest BCUT2D eigenvalue weighted by Gasteiger charge is 2.38. The predicted octanol–water partition coefficient (Wildman–Crippen LogP) is 3.65. The summed E-state index contributed by atoms with van der Waals surface area (Å²) in [4.78, 5) is 33.8. The van der Waals surface area contributed by atoms with Crippen molar-refractivity contribution in [2.24, 2.45) is 5.73 Å². The lowest BCUT2D eigenvalue weighted by atomic mass is 10.0. The molecular weight excluding hydrogens is 507 g/mol. The van der Waals surface area contributed by atoms with Gasteiger partial charge in [0.25, 0.3) is 5.91 Å². The molecular formula is C26H24F3N3O6. The van der Waals surface area contributed by atoms with E-state index in [2.05, 4.69) is 5.32 Å². The first-order valence-electron chi connectivity index (χ1n) is 10.9. The Kier molecular flexibility index (Phi) is 10.4. The van der Waals surface area contributed by atoms with Gasteiger partial charge in [-0.1, -0.05) is 24.3 Å². The number of benzene rings is 3. The smallest absolute Gasteiger partial charge is 0.490 e. The van der Waals surface area contributed by atoms with Gasteiger partial charge in [0, 0.05) is 22.3 Å². The number of carboxylic acids is 1. The van der Waals surface area contributed by atoms with Gasteiger partial charge in [-0.15, -0.1) is 0 Å². The third-order valence-electron chi connectivity index (χ3n) is 4.81.